The lowest BCUT2D eigenvalue weighted by molar-refractivity contribution is 0.135. The Balaban J connectivity index is 0.000000540. The third-order valence-corrected chi connectivity index (χ3v) is 5.92. The average molecular weight is 566 g/mol. The molecule has 2 aromatic carbocycles. The van der Waals surface area contributed by atoms with Gasteiger partial charge in [0.2, 0.25) is 5.95 Å². The molecule has 0 bridgehead atoms. The number of halogens is 3. The quantitative estimate of drug-likeness (QED) is 0.167. The highest BCUT2D eigenvalue weighted by Gasteiger charge is 2.18. The van der Waals surface area contributed by atoms with Crippen LogP contribution in [0, 0.1) is 26.6 Å². The summed E-state index contributed by atoms with van der Waals surface area (Å²) in [5.41, 5.74) is 6.69. The van der Waals surface area contributed by atoms with Gasteiger partial charge in [-0.3, -0.25) is 0 Å². The molecule has 1 aromatic heterocycles. The van der Waals surface area contributed by atoms with Crippen molar-refractivity contribution in [3.8, 4) is 16.9 Å². The van der Waals surface area contributed by atoms with Crippen LogP contribution in [0.3, 0.4) is 0 Å². The van der Waals surface area contributed by atoms with E-state index in [1.165, 1.54) is 13.1 Å². The summed E-state index contributed by atoms with van der Waals surface area (Å²) in [6.07, 6.45) is 4.79. The maximum atomic E-state index is 13.2. The van der Waals surface area contributed by atoms with Crippen molar-refractivity contribution in [2.75, 3.05) is 18.6 Å². The first-order valence-corrected chi connectivity index (χ1v) is 12.5. The third kappa shape index (κ3) is 7.98. The number of aromatic nitrogens is 2. The van der Waals surface area contributed by atoms with Crippen molar-refractivity contribution < 1.29 is 14.2 Å². The van der Waals surface area contributed by atoms with E-state index in [0.717, 1.165) is 53.4 Å². The Morgan fingerprint density at radius 2 is 1.86 bits per heavy atom. The molecule has 9 heteroatoms. The van der Waals surface area contributed by atoms with Crippen LogP contribution < -0.4 is 5.43 Å². The zero-order valence-electron chi connectivity index (χ0n) is 20.6. The summed E-state index contributed by atoms with van der Waals surface area (Å²) in [4.78, 5) is 7.74. The van der Waals surface area contributed by atoms with Gasteiger partial charge in [0.05, 0.1) is 18.1 Å². The molecule has 35 heavy (non-hydrogen) atoms. The molecule has 0 unspecified atom stereocenters. The number of ether oxygens (including phenoxy) is 1. The second-order valence-electron chi connectivity index (χ2n) is 7.84. The lowest BCUT2D eigenvalue weighted by Gasteiger charge is -2.16. The normalized spacial score (nSPS) is 10.9. The molecule has 0 aliphatic rings. The molecule has 3 rings (SSSR count). The molecule has 2 N–H and O–H groups in total. The molecule has 0 atom stereocenters. The summed E-state index contributed by atoms with van der Waals surface area (Å²) in [6, 6.07) is 7.42. The summed E-state index contributed by atoms with van der Waals surface area (Å²) < 4.78 is 19.1. The monoisotopic (exact) mass is 564 g/mol. The van der Waals surface area contributed by atoms with Crippen LogP contribution in [0.15, 0.2) is 40.0 Å². The van der Waals surface area contributed by atoms with E-state index in [0.29, 0.717) is 16.1 Å². The van der Waals surface area contributed by atoms with Crippen molar-refractivity contribution >= 4 is 39.7 Å². The largest absolute Gasteiger partial charge is 0.507 e. The van der Waals surface area contributed by atoms with E-state index in [1.807, 2.05) is 32.0 Å². The van der Waals surface area contributed by atoms with Crippen LogP contribution in [0.4, 0.5) is 10.3 Å². The van der Waals surface area contributed by atoms with Crippen molar-refractivity contribution in [2.45, 2.75) is 47.5 Å². The second kappa shape index (κ2) is 14.1. The van der Waals surface area contributed by atoms with Gasteiger partial charge in [0.1, 0.15) is 5.75 Å². The first kappa shape index (κ1) is 28.7. The number of phenolic OH excluding ortho intramolecular Hbond substituents is 1. The van der Waals surface area contributed by atoms with Gasteiger partial charge in [0, 0.05) is 45.0 Å². The third-order valence-electron chi connectivity index (χ3n) is 4.98. The van der Waals surface area contributed by atoms with Crippen LogP contribution in [0.1, 0.15) is 49.1 Å². The first-order valence-electron chi connectivity index (χ1n) is 11.3. The Hall–Kier alpha value is -2.55. The maximum Gasteiger partial charge on any atom is 0.243 e. The summed E-state index contributed by atoms with van der Waals surface area (Å²) in [5, 5.41) is 15.3. The van der Waals surface area contributed by atoms with Gasteiger partial charge in [-0.25, -0.2) is 19.8 Å². The van der Waals surface area contributed by atoms with Crippen molar-refractivity contribution in [3.63, 3.8) is 0 Å². The Morgan fingerprint density at radius 1 is 1.17 bits per heavy atom. The van der Waals surface area contributed by atoms with Gasteiger partial charge in [0.15, 0.2) is 5.82 Å². The molecule has 0 aliphatic heterocycles. The molecule has 188 valence electrons. The van der Waals surface area contributed by atoms with Crippen LogP contribution in [0.5, 0.6) is 5.75 Å². The topological polar surface area (TPSA) is 79.6 Å². The molecule has 0 spiro atoms. The average Bonchev–Trinajstić information content (AvgIpc) is 2.82. The van der Waals surface area contributed by atoms with Crippen LogP contribution in [0.25, 0.3) is 11.1 Å². The van der Waals surface area contributed by atoms with E-state index < -0.39 is 5.82 Å². The molecule has 0 radical (unpaired) electrons. The fourth-order valence-electron chi connectivity index (χ4n) is 3.20. The second-order valence-corrected chi connectivity index (χ2v) is 9.10. The highest BCUT2D eigenvalue weighted by Crippen LogP contribution is 2.42. The van der Waals surface area contributed by atoms with Crippen molar-refractivity contribution in [3.05, 3.63) is 68.2 Å². The minimum Gasteiger partial charge on any atom is -0.507 e. The number of nitrogens with one attached hydrogen (secondary N) is 1. The number of nitrogens with zero attached hydrogens (tertiary/aromatic N) is 3. The number of phenols is 1. The number of hydrogen-bond donors (Lipinski definition) is 2. The van der Waals surface area contributed by atoms with Gasteiger partial charge in [-0.05, 0) is 51.3 Å². The number of aromatic hydroxyl groups is 1. The van der Waals surface area contributed by atoms with Crippen LogP contribution in [-0.2, 0) is 4.74 Å². The molecule has 0 fully saturated rings. The predicted molar refractivity (Wildman–Crippen MR) is 145 cm³/mol. The zero-order valence-corrected chi connectivity index (χ0v) is 23.0. The summed E-state index contributed by atoms with van der Waals surface area (Å²) in [7, 11) is 0. The van der Waals surface area contributed by atoms with E-state index in [1.54, 1.807) is 6.07 Å². The van der Waals surface area contributed by atoms with Gasteiger partial charge < -0.3 is 9.84 Å². The minimum atomic E-state index is -0.489. The standard InChI is InChI=1S/C20H17BrClFN4O.C6H14O/c1-10-5-4-6-15(22)17(10)18-11(2)19(28)13(7-14(18)21)8-25-27-20-24-9-16(23)12(3)26-20;1-3-5-7-6-4-2/h4-9,28H,1-3H3,(H,24,26,27);3-6H2,1-2H3/b25-8-;. The summed E-state index contributed by atoms with van der Waals surface area (Å²) >= 11 is 9.97. The summed E-state index contributed by atoms with van der Waals surface area (Å²) in [6.45, 7) is 11.4. The number of rotatable bonds is 8. The maximum absolute atomic E-state index is 13.2. The lowest BCUT2D eigenvalue weighted by atomic mass is 9.94. The Bertz CT molecular complexity index is 1150. The van der Waals surface area contributed by atoms with E-state index >= 15 is 0 Å². The molecule has 1 heterocycles. The fourth-order valence-corrected chi connectivity index (χ4v) is 4.26. The molecular formula is C26H31BrClFN4O2. The number of aryl methyl sites for hydroxylation is 2. The van der Waals surface area contributed by atoms with Crippen molar-refractivity contribution in [1.82, 2.24) is 9.97 Å². The van der Waals surface area contributed by atoms with Crippen LogP contribution in [0.2, 0.25) is 5.02 Å². The Kier molecular flexibility index (Phi) is 11.6. The van der Waals surface area contributed by atoms with E-state index in [9.17, 15) is 9.50 Å². The number of benzene rings is 2. The molecular weight excluding hydrogens is 535 g/mol. The number of anilines is 1. The molecule has 0 aliphatic carbocycles. The van der Waals surface area contributed by atoms with E-state index in [4.69, 9.17) is 16.3 Å². The van der Waals surface area contributed by atoms with Gasteiger partial charge in [-0.15, -0.1) is 0 Å². The van der Waals surface area contributed by atoms with Gasteiger partial charge in [-0.1, -0.05) is 53.5 Å². The van der Waals surface area contributed by atoms with Crippen LogP contribution >= 0.6 is 27.5 Å². The van der Waals surface area contributed by atoms with Gasteiger partial charge in [-0.2, -0.15) is 5.10 Å². The SMILES string of the molecule is CCCOCCC.Cc1cccc(Cl)c1-c1c(Br)cc(/C=N\Nc2ncc(F)c(C)n2)c(O)c1C. The van der Waals surface area contributed by atoms with E-state index in [-0.39, 0.29) is 17.4 Å². The molecule has 0 saturated heterocycles. The highest BCUT2D eigenvalue weighted by atomic mass is 79.9. The molecule has 0 saturated carbocycles. The Morgan fingerprint density at radius 3 is 2.46 bits per heavy atom. The first-order chi connectivity index (χ1) is 16.7. The summed E-state index contributed by atoms with van der Waals surface area (Å²) in [5.74, 6) is -0.245. The van der Waals surface area contributed by atoms with Crippen LogP contribution in [-0.4, -0.2) is 34.5 Å². The number of hydrazone groups is 1. The van der Waals surface area contributed by atoms with Crippen molar-refractivity contribution in [1.29, 1.82) is 0 Å². The van der Waals surface area contributed by atoms with Gasteiger partial charge >= 0.3 is 0 Å². The van der Waals surface area contributed by atoms with Crippen molar-refractivity contribution in [2.24, 2.45) is 5.10 Å². The molecule has 6 nitrogen and oxygen atoms in total. The molecule has 3 aromatic rings. The van der Waals surface area contributed by atoms with E-state index in [2.05, 4.69) is 50.3 Å². The van der Waals surface area contributed by atoms with Gasteiger partial charge in [0.25, 0.3) is 0 Å². The predicted octanol–water partition coefficient (Wildman–Crippen LogP) is 7.60. The molecule has 0 amide bonds. The fraction of sp³-hybridized carbons (Fsp3) is 0.346. The Labute approximate surface area is 219 Å². The highest BCUT2D eigenvalue weighted by molar-refractivity contribution is 9.10. The zero-order chi connectivity index (χ0) is 26.0. The lowest BCUT2D eigenvalue weighted by Crippen LogP contribution is -2.00. The number of hydrogen-bond acceptors (Lipinski definition) is 6. The smallest absolute Gasteiger partial charge is 0.243 e. The minimum absolute atomic E-state index is 0.0827.